The molecule has 0 saturated carbocycles. The first kappa shape index (κ1) is 69.1. The van der Waals surface area contributed by atoms with E-state index in [0.717, 1.165) is 128 Å². The lowest BCUT2D eigenvalue weighted by Crippen LogP contribution is -2.30. The highest BCUT2D eigenvalue weighted by molar-refractivity contribution is 5.71. The van der Waals surface area contributed by atoms with Crippen LogP contribution in [-0.4, -0.2) is 37.2 Å². The third-order valence-electron chi connectivity index (χ3n) is 12.7. The van der Waals surface area contributed by atoms with Gasteiger partial charge in [-0.05, 0) is 128 Å². The van der Waals surface area contributed by atoms with Crippen LogP contribution in [0.25, 0.3) is 0 Å². The molecular weight excluding hydrogens is 901 g/mol. The number of ether oxygens (including phenoxy) is 3. The van der Waals surface area contributed by atoms with Crippen molar-refractivity contribution in [3.63, 3.8) is 0 Å². The van der Waals surface area contributed by atoms with Crippen LogP contribution < -0.4 is 0 Å². The minimum absolute atomic E-state index is 0.0911. The molecule has 0 spiro atoms. The minimum Gasteiger partial charge on any atom is -0.462 e. The van der Waals surface area contributed by atoms with Crippen molar-refractivity contribution in [1.29, 1.82) is 0 Å². The Bertz CT molecular complexity index is 1490. The van der Waals surface area contributed by atoms with Gasteiger partial charge >= 0.3 is 17.9 Å². The van der Waals surface area contributed by atoms with Crippen LogP contribution in [0.3, 0.4) is 0 Å². The van der Waals surface area contributed by atoms with Crippen LogP contribution in [0.1, 0.15) is 278 Å². The van der Waals surface area contributed by atoms with Gasteiger partial charge < -0.3 is 14.2 Å². The van der Waals surface area contributed by atoms with Gasteiger partial charge in [-0.1, -0.05) is 239 Å². The second-order valence-corrected chi connectivity index (χ2v) is 19.9. The molecule has 0 N–H and O–H groups in total. The van der Waals surface area contributed by atoms with Crippen molar-refractivity contribution in [1.82, 2.24) is 0 Å². The molecule has 0 aliphatic heterocycles. The summed E-state index contributed by atoms with van der Waals surface area (Å²) in [7, 11) is 0. The van der Waals surface area contributed by atoms with Crippen molar-refractivity contribution >= 4 is 17.9 Å². The summed E-state index contributed by atoms with van der Waals surface area (Å²) in [6.45, 7) is 6.47. The first-order valence-electron chi connectivity index (χ1n) is 30.4. The molecule has 0 aromatic carbocycles. The van der Waals surface area contributed by atoms with Crippen molar-refractivity contribution < 1.29 is 28.6 Å². The van der Waals surface area contributed by atoms with Gasteiger partial charge in [-0.2, -0.15) is 0 Å². The Balaban J connectivity index is 4.39. The second-order valence-electron chi connectivity index (χ2n) is 19.9. The molecule has 73 heavy (non-hydrogen) atoms. The van der Waals surface area contributed by atoms with E-state index in [2.05, 4.69) is 130 Å². The van der Waals surface area contributed by atoms with Crippen LogP contribution >= 0.6 is 0 Å². The molecule has 0 rings (SSSR count). The normalized spacial score (nSPS) is 12.9. The van der Waals surface area contributed by atoms with Gasteiger partial charge in [-0.3, -0.25) is 14.4 Å². The van der Waals surface area contributed by atoms with Crippen molar-refractivity contribution in [2.24, 2.45) is 0 Å². The quantitative estimate of drug-likeness (QED) is 0.0261. The maximum atomic E-state index is 12.9. The van der Waals surface area contributed by atoms with E-state index in [4.69, 9.17) is 14.2 Å². The number of allylic oxidation sites excluding steroid dienone is 18. The predicted molar refractivity (Wildman–Crippen MR) is 316 cm³/mol. The first-order valence-corrected chi connectivity index (χ1v) is 30.4. The summed E-state index contributed by atoms with van der Waals surface area (Å²) in [5.74, 6) is -0.919. The Kier molecular flexibility index (Phi) is 57.4. The summed E-state index contributed by atoms with van der Waals surface area (Å²) in [4.78, 5) is 38.2. The lowest BCUT2D eigenvalue weighted by molar-refractivity contribution is -0.167. The fourth-order valence-corrected chi connectivity index (χ4v) is 8.18. The van der Waals surface area contributed by atoms with E-state index < -0.39 is 6.10 Å². The molecule has 0 aliphatic carbocycles. The summed E-state index contributed by atoms with van der Waals surface area (Å²) in [6, 6.07) is 0. The molecule has 6 heteroatoms. The Morgan fingerprint density at radius 1 is 0.288 bits per heavy atom. The lowest BCUT2D eigenvalue weighted by atomic mass is 10.1. The van der Waals surface area contributed by atoms with Crippen LogP contribution in [-0.2, 0) is 28.6 Å². The summed E-state index contributed by atoms with van der Waals surface area (Å²) in [5, 5.41) is 0. The summed E-state index contributed by atoms with van der Waals surface area (Å²) in [5.41, 5.74) is 0. The second kappa shape index (κ2) is 60.6. The number of hydrogen-bond donors (Lipinski definition) is 0. The van der Waals surface area contributed by atoms with E-state index in [-0.39, 0.29) is 31.1 Å². The number of hydrogen-bond acceptors (Lipinski definition) is 6. The molecule has 0 fully saturated rings. The Morgan fingerprint density at radius 2 is 0.534 bits per heavy atom. The molecule has 0 aliphatic rings. The van der Waals surface area contributed by atoms with Crippen molar-refractivity contribution in [3.05, 3.63) is 109 Å². The smallest absolute Gasteiger partial charge is 0.306 e. The van der Waals surface area contributed by atoms with Crippen molar-refractivity contribution in [2.45, 2.75) is 284 Å². The molecule has 0 bridgehead atoms. The molecule has 0 heterocycles. The zero-order chi connectivity index (χ0) is 52.9. The molecule has 0 amide bonds. The summed E-state index contributed by atoms with van der Waals surface area (Å²) >= 11 is 0. The number of carbonyl (C=O) groups excluding carboxylic acids is 3. The molecular formula is C67H112O6. The lowest BCUT2D eigenvalue weighted by Gasteiger charge is -2.18. The van der Waals surface area contributed by atoms with E-state index in [1.807, 2.05) is 0 Å². The number of unbranched alkanes of at least 4 members (excludes halogenated alkanes) is 25. The Labute approximate surface area is 450 Å². The highest BCUT2D eigenvalue weighted by Crippen LogP contribution is 2.14. The SMILES string of the molecule is CC/C=C\C/C=C\C/C=C\C/C=C\C/C=C\C/C=C\CCCCCCCCC(=O)OCC(COC(=O)CCCCCCC/C=C\CCCCCC)OC(=O)CCCCCCCCC/C=C\C/C=C\CCCCC. The first-order chi connectivity index (χ1) is 36.0. The highest BCUT2D eigenvalue weighted by Gasteiger charge is 2.19. The molecule has 0 aromatic rings. The van der Waals surface area contributed by atoms with Crippen LogP contribution in [0.15, 0.2) is 109 Å². The van der Waals surface area contributed by atoms with Gasteiger partial charge in [-0.15, -0.1) is 0 Å². The number of rotatable bonds is 54. The zero-order valence-corrected chi connectivity index (χ0v) is 47.6. The molecule has 1 unspecified atom stereocenters. The standard InChI is InChI=1S/C67H112O6/c1-4-7-10-13-16-19-22-25-27-29-30-31-32-33-34-35-36-38-39-42-45-48-51-54-57-60-66(69)72-63-64(62-71-65(68)59-56-53-50-47-44-41-24-21-18-15-12-9-6-3)73-67(70)61-58-55-52-49-46-43-40-37-28-26-23-20-17-14-11-8-5-2/h7,10,16-17,19-21,24-28,30-31,33-34,36,38,64H,4-6,8-9,11-15,18,22-23,29,32,35,37,39-63H2,1-3H3/b10-7-,19-16-,20-17-,24-21-,27-25-,28-26-,31-30-,34-33-,38-36-. The Morgan fingerprint density at radius 3 is 0.877 bits per heavy atom. The van der Waals surface area contributed by atoms with E-state index in [9.17, 15) is 14.4 Å². The topological polar surface area (TPSA) is 78.9 Å². The molecule has 0 aromatic heterocycles. The monoisotopic (exact) mass is 1010 g/mol. The van der Waals surface area contributed by atoms with Crippen molar-refractivity contribution in [3.8, 4) is 0 Å². The van der Waals surface area contributed by atoms with Crippen LogP contribution in [0.4, 0.5) is 0 Å². The van der Waals surface area contributed by atoms with Gasteiger partial charge in [0.2, 0.25) is 0 Å². The minimum atomic E-state index is -0.794. The fourth-order valence-electron chi connectivity index (χ4n) is 8.18. The molecule has 416 valence electrons. The average molecular weight is 1010 g/mol. The van der Waals surface area contributed by atoms with E-state index in [0.29, 0.717) is 19.3 Å². The van der Waals surface area contributed by atoms with Gasteiger partial charge in [0.15, 0.2) is 6.10 Å². The van der Waals surface area contributed by atoms with Crippen LogP contribution in [0.2, 0.25) is 0 Å². The average Bonchev–Trinajstić information content (AvgIpc) is 3.39. The summed E-state index contributed by atoms with van der Waals surface area (Å²) in [6.07, 6.45) is 82.2. The van der Waals surface area contributed by atoms with E-state index in [1.54, 1.807) is 0 Å². The van der Waals surface area contributed by atoms with Gasteiger partial charge in [0.25, 0.3) is 0 Å². The van der Waals surface area contributed by atoms with Crippen LogP contribution in [0.5, 0.6) is 0 Å². The third-order valence-corrected chi connectivity index (χ3v) is 12.7. The third kappa shape index (κ3) is 58.8. The van der Waals surface area contributed by atoms with E-state index in [1.165, 1.54) is 109 Å². The molecule has 6 nitrogen and oxygen atoms in total. The van der Waals surface area contributed by atoms with Gasteiger partial charge in [-0.25, -0.2) is 0 Å². The zero-order valence-electron chi connectivity index (χ0n) is 47.6. The molecule has 0 radical (unpaired) electrons. The van der Waals surface area contributed by atoms with Gasteiger partial charge in [0, 0.05) is 19.3 Å². The largest absolute Gasteiger partial charge is 0.462 e. The maximum Gasteiger partial charge on any atom is 0.306 e. The number of carbonyl (C=O) groups is 3. The van der Waals surface area contributed by atoms with Gasteiger partial charge in [0.05, 0.1) is 0 Å². The van der Waals surface area contributed by atoms with Crippen LogP contribution in [0, 0.1) is 0 Å². The fraction of sp³-hybridized carbons (Fsp3) is 0.687. The van der Waals surface area contributed by atoms with Crippen molar-refractivity contribution in [2.75, 3.05) is 13.2 Å². The van der Waals surface area contributed by atoms with Gasteiger partial charge in [0.1, 0.15) is 13.2 Å². The summed E-state index contributed by atoms with van der Waals surface area (Å²) < 4.78 is 16.9. The maximum absolute atomic E-state index is 12.9. The predicted octanol–water partition coefficient (Wildman–Crippen LogP) is 20.7. The Hall–Kier alpha value is -3.93. The van der Waals surface area contributed by atoms with E-state index >= 15 is 0 Å². The number of esters is 3. The highest BCUT2D eigenvalue weighted by atomic mass is 16.6. The molecule has 1 atom stereocenters. The molecule has 0 saturated heterocycles.